The molecular weight excluding hydrogens is 252 g/mol. The fourth-order valence-electron chi connectivity index (χ4n) is 2.12. The van der Waals surface area contributed by atoms with E-state index in [0.717, 1.165) is 4.57 Å². The van der Waals surface area contributed by atoms with Crippen LogP contribution in [-0.4, -0.2) is 32.9 Å². The van der Waals surface area contributed by atoms with Crippen molar-refractivity contribution < 1.29 is 9.84 Å². The first-order chi connectivity index (χ1) is 9.08. The topological polar surface area (TPSA) is 139 Å². The maximum atomic E-state index is 11.7. The van der Waals surface area contributed by atoms with Crippen molar-refractivity contribution in [3.63, 3.8) is 0 Å². The van der Waals surface area contributed by atoms with Gasteiger partial charge >= 0.3 is 5.69 Å². The first-order valence-electron chi connectivity index (χ1n) is 5.81. The van der Waals surface area contributed by atoms with E-state index in [1.54, 1.807) is 0 Å². The highest BCUT2D eigenvalue weighted by molar-refractivity contribution is 5.23. The van der Waals surface area contributed by atoms with E-state index in [1.165, 1.54) is 12.3 Å². The third-order valence-corrected chi connectivity index (χ3v) is 3.05. The van der Waals surface area contributed by atoms with Crippen LogP contribution in [0.2, 0.25) is 0 Å². The Morgan fingerprint density at radius 2 is 2.47 bits per heavy atom. The van der Waals surface area contributed by atoms with Gasteiger partial charge in [-0.25, -0.2) is 4.79 Å². The molecule has 0 radical (unpaired) electrons. The van der Waals surface area contributed by atoms with Crippen LogP contribution < -0.4 is 11.4 Å². The van der Waals surface area contributed by atoms with Crippen molar-refractivity contribution in [2.24, 2.45) is 5.11 Å². The zero-order valence-corrected chi connectivity index (χ0v) is 10.2. The first-order valence-corrected chi connectivity index (χ1v) is 5.81. The van der Waals surface area contributed by atoms with Crippen LogP contribution in [0.4, 0.5) is 5.82 Å². The van der Waals surface area contributed by atoms with Gasteiger partial charge in [-0.2, -0.15) is 4.98 Å². The smallest absolute Gasteiger partial charge is 0.351 e. The summed E-state index contributed by atoms with van der Waals surface area (Å²) in [6.07, 6.45) is -0.539. The summed E-state index contributed by atoms with van der Waals surface area (Å²) < 4.78 is 6.70. The molecule has 3 N–H and O–H groups in total. The van der Waals surface area contributed by atoms with Crippen LogP contribution in [-0.2, 0) is 4.74 Å². The van der Waals surface area contributed by atoms with E-state index in [0.29, 0.717) is 6.42 Å². The molecule has 1 saturated heterocycles. The van der Waals surface area contributed by atoms with Crippen LogP contribution in [0.1, 0.15) is 19.6 Å². The Labute approximate surface area is 108 Å². The number of nitrogens with zero attached hydrogens (tertiary/aromatic N) is 5. The molecule has 19 heavy (non-hydrogen) atoms. The maximum absolute atomic E-state index is 11.7. The molecule has 0 amide bonds. The fourth-order valence-corrected chi connectivity index (χ4v) is 2.12. The lowest BCUT2D eigenvalue weighted by atomic mass is 10.1. The molecule has 0 aliphatic carbocycles. The minimum Gasteiger partial charge on any atom is -0.388 e. The highest BCUT2D eigenvalue weighted by Crippen LogP contribution is 2.32. The molecule has 9 nitrogen and oxygen atoms in total. The molecule has 0 saturated carbocycles. The number of aliphatic hydroxyl groups excluding tert-OH is 1. The molecule has 9 heteroatoms. The number of aliphatic hydroxyl groups is 1. The van der Waals surface area contributed by atoms with Gasteiger partial charge in [0, 0.05) is 11.1 Å². The summed E-state index contributed by atoms with van der Waals surface area (Å²) in [4.78, 5) is 18.0. The Balaban J connectivity index is 2.36. The number of hydrogen-bond acceptors (Lipinski definition) is 6. The van der Waals surface area contributed by atoms with Gasteiger partial charge < -0.3 is 15.6 Å². The second-order valence-corrected chi connectivity index (χ2v) is 4.20. The van der Waals surface area contributed by atoms with Crippen LogP contribution in [0.5, 0.6) is 0 Å². The lowest BCUT2D eigenvalue weighted by Crippen LogP contribution is -2.34. The van der Waals surface area contributed by atoms with Crippen LogP contribution in [0.25, 0.3) is 10.4 Å². The van der Waals surface area contributed by atoms with Crippen molar-refractivity contribution in [2.75, 3.05) is 5.73 Å². The van der Waals surface area contributed by atoms with Gasteiger partial charge in [-0.15, -0.1) is 0 Å². The number of nitrogen functional groups attached to an aromatic ring is 1. The summed E-state index contributed by atoms with van der Waals surface area (Å²) in [5.74, 6) is 0.0902. The van der Waals surface area contributed by atoms with Crippen molar-refractivity contribution in [1.82, 2.24) is 9.55 Å². The van der Waals surface area contributed by atoms with Crippen molar-refractivity contribution in [3.05, 3.63) is 33.2 Å². The maximum Gasteiger partial charge on any atom is 0.351 e. The average Bonchev–Trinajstić information content (AvgIpc) is 2.68. The Morgan fingerprint density at radius 1 is 1.74 bits per heavy atom. The van der Waals surface area contributed by atoms with E-state index in [2.05, 4.69) is 15.0 Å². The first kappa shape index (κ1) is 13.3. The SMILES string of the molecule is CC[C@H]1O[C@@H](n2ccc(N)nc2=O)[C@H](O)[C@@H]1N=[N+]=[N-]. The summed E-state index contributed by atoms with van der Waals surface area (Å²) in [6.45, 7) is 1.84. The average molecular weight is 266 g/mol. The number of azide groups is 1. The standard InChI is InChI=1S/C10H14N6O3/c1-2-5-7(14-15-12)8(17)9(19-5)16-4-3-6(11)13-10(16)18/h3-5,7-9,17H,2H2,1H3,(H2,11,13,18)/t5-,7-,8-,9-/m1/s1. The summed E-state index contributed by atoms with van der Waals surface area (Å²) in [6, 6.07) is 0.698. The Kier molecular flexibility index (Phi) is 3.70. The normalized spacial score (nSPS) is 30.0. The van der Waals surface area contributed by atoms with Gasteiger partial charge in [-0.3, -0.25) is 4.57 Å². The van der Waals surface area contributed by atoms with E-state index in [9.17, 15) is 9.90 Å². The highest BCUT2D eigenvalue weighted by atomic mass is 16.5. The predicted molar refractivity (Wildman–Crippen MR) is 66.1 cm³/mol. The molecule has 2 rings (SSSR count). The van der Waals surface area contributed by atoms with Gasteiger partial charge in [-0.05, 0) is 18.0 Å². The summed E-state index contributed by atoms with van der Waals surface area (Å²) >= 11 is 0. The quantitative estimate of drug-likeness (QED) is 0.456. The molecule has 1 aromatic rings. The monoisotopic (exact) mass is 266 g/mol. The molecule has 102 valence electrons. The van der Waals surface area contributed by atoms with Crippen molar-refractivity contribution in [3.8, 4) is 0 Å². The summed E-state index contributed by atoms with van der Waals surface area (Å²) in [7, 11) is 0. The zero-order chi connectivity index (χ0) is 14.0. The molecular formula is C10H14N6O3. The molecule has 4 atom stereocenters. The Bertz CT molecular complexity index is 567. The Morgan fingerprint density at radius 3 is 3.05 bits per heavy atom. The molecule has 1 fully saturated rings. The van der Waals surface area contributed by atoms with E-state index >= 15 is 0 Å². The second-order valence-electron chi connectivity index (χ2n) is 4.20. The molecule has 0 bridgehead atoms. The van der Waals surface area contributed by atoms with E-state index in [-0.39, 0.29) is 5.82 Å². The number of rotatable bonds is 3. The third-order valence-electron chi connectivity index (χ3n) is 3.05. The largest absolute Gasteiger partial charge is 0.388 e. The third kappa shape index (κ3) is 2.39. The summed E-state index contributed by atoms with van der Waals surface area (Å²) in [5, 5.41) is 13.6. The lowest BCUT2D eigenvalue weighted by Gasteiger charge is -2.17. The lowest BCUT2D eigenvalue weighted by molar-refractivity contribution is -0.0403. The number of aromatic nitrogens is 2. The molecule has 1 aliphatic rings. The minimum atomic E-state index is -1.11. The highest BCUT2D eigenvalue weighted by Gasteiger charge is 2.43. The van der Waals surface area contributed by atoms with Gasteiger partial charge in [0.25, 0.3) is 0 Å². The number of hydrogen-bond donors (Lipinski definition) is 2. The van der Waals surface area contributed by atoms with Crippen LogP contribution in [0.15, 0.2) is 22.2 Å². The Hall–Kier alpha value is -2.09. The van der Waals surface area contributed by atoms with E-state index < -0.39 is 30.2 Å². The molecule has 0 spiro atoms. The van der Waals surface area contributed by atoms with Crippen LogP contribution in [0.3, 0.4) is 0 Å². The van der Waals surface area contributed by atoms with Gasteiger partial charge in [0.05, 0.1) is 12.1 Å². The second kappa shape index (κ2) is 5.27. The van der Waals surface area contributed by atoms with Crippen molar-refractivity contribution in [2.45, 2.75) is 37.8 Å². The number of nitrogens with two attached hydrogens (primary N) is 1. The number of anilines is 1. The zero-order valence-electron chi connectivity index (χ0n) is 10.2. The van der Waals surface area contributed by atoms with Gasteiger partial charge in [-0.1, -0.05) is 12.0 Å². The molecule has 1 aliphatic heterocycles. The fraction of sp³-hybridized carbons (Fsp3) is 0.600. The van der Waals surface area contributed by atoms with Gasteiger partial charge in [0.1, 0.15) is 11.9 Å². The van der Waals surface area contributed by atoms with Crippen LogP contribution in [0, 0.1) is 0 Å². The molecule has 0 unspecified atom stereocenters. The molecule has 1 aromatic heterocycles. The number of ether oxygens (including phenoxy) is 1. The predicted octanol–water partition coefficient (Wildman–Crippen LogP) is 0.173. The minimum absolute atomic E-state index is 0.0902. The van der Waals surface area contributed by atoms with Gasteiger partial charge in [0.15, 0.2) is 6.23 Å². The van der Waals surface area contributed by atoms with Crippen LogP contribution >= 0.6 is 0 Å². The van der Waals surface area contributed by atoms with E-state index in [1.807, 2.05) is 6.92 Å². The van der Waals surface area contributed by atoms with E-state index in [4.69, 9.17) is 16.0 Å². The molecule has 2 heterocycles. The molecule has 0 aromatic carbocycles. The van der Waals surface area contributed by atoms with Gasteiger partial charge in [0.2, 0.25) is 0 Å². The van der Waals surface area contributed by atoms with Crippen molar-refractivity contribution in [1.29, 1.82) is 0 Å². The van der Waals surface area contributed by atoms with Crippen molar-refractivity contribution >= 4 is 5.82 Å². The summed E-state index contributed by atoms with van der Waals surface area (Å²) in [5.41, 5.74) is 13.3.